The van der Waals surface area contributed by atoms with E-state index in [0.717, 1.165) is 13.1 Å². The van der Waals surface area contributed by atoms with Gasteiger partial charge in [0.15, 0.2) is 0 Å². The molecule has 1 fully saturated rings. The van der Waals surface area contributed by atoms with Crippen LogP contribution in [-0.4, -0.2) is 37.6 Å². The molecule has 0 aliphatic carbocycles. The van der Waals surface area contributed by atoms with E-state index < -0.39 is 0 Å². The van der Waals surface area contributed by atoms with Crippen molar-refractivity contribution in [3.05, 3.63) is 18.2 Å². The minimum absolute atomic E-state index is 0.0276. The molecule has 2 rings (SSSR count). The number of carbonyl (C=O) groups excluding carboxylic acids is 1. The Bertz CT molecular complexity index is 494. The van der Waals surface area contributed by atoms with Crippen molar-refractivity contribution in [2.75, 3.05) is 37.8 Å². The molecule has 21 heavy (non-hydrogen) atoms. The summed E-state index contributed by atoms with van der Waals surface area (Å²) in [5.41, 5.74) is 6.99. The highest BCUT2D eigenvalue weighted by Crippen LogP contribution is 2.26. The molecule has 1 aliphatic rings. The maximum Gasteiger partial charge on any atom is 0.238 e. The second-order valence-electron chi connectivity index (χ2n) is 6.15. The van der Waals surface area contributed by atoms with Crippen molar-refractivity contribution in [2.45, 2.75) is 20.3 Å². The number of nitrogens with two attached hydrogens (primary N) is 1. The van der Waals surface area contributed by atoms with E-state index in [1.54, 1.807) is 25.3 Å². The summed E-state index contributed by atoms with van der Waals surface area (Å²) in [6, 6.07) is 5.23. The highest BCUT2D eigenvalue weighted by atomic mass is 16.5. The predicted octanol–water partition coefficient (Wildman–Crippen LogP) is 2.19. The molecule has 2 atom stereocenters. The molecule has 0 spiro atoms. The SMILES string of the molecule is COc1ccc(N)cc1NC(=O)CN1CC(C)CC(C)C1. The van der Waals surface area contributed by atoms with Gasteiger partial charge in [-0.15, -0.1) is 0 Å². The standard InChI is InChI=1S/C16H25N3O2/c1-11-6-12(2)9-19(8-11)10-16(20)18-14-7-13(17)4-5-15(14)21-3/h4-5,7,11-12H,6,8-10,17H2,1-3H3,(H,18,20). The molecule has 0 aromatic heterocycles. The molecule has 1 heterocycles. The monoisotopic (exact) mass is 291 g/mol. The number of amides is 1. The second kappa shape index (κ2) is 6.80. The third-order valence-corrected chi connectivity index (χ3v) is 3.81. The zero-order chi connectivity index (χ0) is 15.4. The first kappa shape index (κ1) is 15.6. The Balaban J connectivity index is 1.97. The van der Waals surface area contributed by atoms with Crippen LogP contribution in [0.15, 0.2) is 18.2 Å². The van der Waals surface area contributed by atoms with Gasteiger partial charge in [-0.2, -0.15) is 0 Å². The Labute approximate surface area is 126 Å². The van der Waals surface area contributed by atoms with Gasteiger partial charge in [-0.1, -0.05) is 13.8 Å². The molecule has 1 amide bonds. The number of carbonyl (C=O) groups is 1. The summed E-state index contributed by atoms with van der Waals surface area (Å²) in [7, 11) is 1.58. The minimum Gasteiger partial charge on any atom is -0.495 e. The fourth-order valence-electron chi connectivity index (χ4n) is 3.14. The van der Waals surface area contributed by atoms with E-state index >= 15 is 0 Å². The Morgan fingerprint density at radius 1 is 1.38 bits per heavy atom. The topological polar surface area (TPSA) is 67.6 Å². The molecule has 116 valence electrons. The number of nitrogens with zero attached hydrogens (tertiary/aromatic N) is 1. The summed E-state index contributed by atoms with van der Waals surface area (Å²) in [5.74, 6) is 1.88. The van der Waals surface area contributed by atoms with Crippen molar-refractivity contribution in [3.8, 4) is 5.75 Å². The highest BCUT2D eigenvalue weighted by Gasteiger charge is 2.23. The summed E-state index contributed by atoms with van der Waals surface area (Å²) >= 11 is 0. The van der Waals surface area contributed by atoms with Crippen LogP contribution in [-0.2, 0) is 4.79 Å². The van der Waals surface area contributed by atoms with Gasteiger partial charge >= 0.3 is 0 Å². The van der Waals surface area contributed by atoms with E-state index in [0.29, 0.717) is 35.5 Å². The average Bonchev–Trinajstić information content (AvgIpc) is 2.37. The molecule has 5 nitrogen and oxygen atoms in total. The maximum atomic E-state index is 12.2. The normalized spacial score (nSPS) is 22.8. The number of methoxy groups -OCH3 is 1. The largest absolute Gasteiger partial charge is 0.495 e. The lowest BCUT2D eigenvalue weighted by Crippen LogP contribution is -2.42. The average molecular weight is 291 g/mol. The molecule has 5 heteroatoms. The van der Waals surface area contributed by atoms with Gasteiger partial charge in [-0.25, -0.2) is 0 Å². The number of anilines is 2. The van der Waals surface area contributed by atoms with Crippen molar-refractivity contribution < 1.29 is 9.53 Å². The lowest BCUT2D eigenvalue weighted by Gasteiger charge is -2.34. The van der Waals surface area contributed by atoms with E-state index in [1.165, 1.54) is 6.42 Å². The maximum absolute atomic E-state index is 12.2. The van der Waals surface area contributed by atoms with Gasteiger partial charge in [0.2, 0.25) is 5.91 Å². The Morgan fingerprint density at radius 2 is 2.05 bits per heavy atom. The first-order valence-electron chi connectivity index (χ1n) is 7.43. The molecule has 3 N–H and O–H groups in total. The zero-order valence-electron chi connectivity index (χ0n) is 13.1. The van der Waals surface area contributed by atoms with Crippen LogP contribution in [0.4, 0.5) is 11.4 Å². The number of benzene rings is 1. The number of ether oxygens (including phenoxy) is 1. The predicted molar refractivity (Wildman–Crippen MR) is 85.4 cm³/mol. The fraction of sp³-hybridized carbons (Fsp3) is 0.562. The van der Waals surface area contributed by atoms with E-state index in [-0.39, 0.29) is 5.91 Å². The first-order valence-corrected chi connectivity index (χ1v) is 7.43. The number of likely N-dealkylation sites (tertiary alicyclic amines) is 1. The summed E-state index contributed by atoms with van der Waals surface area (Å²) in [5, 5.41) is 2.89. The molecular weight excluding hydrogens is 266 g/mol. The van der Waals surface area contributed by atoms with Crippen molar-refractivity contribution >= 4 is 17.3 Å². The highest BCUT2D eigenvalue weighted by molar-refractivity contribution is 5.94. The third-order valence-electron chi connectivity index (χ3n) is 3.81. The van der Waals surface area contributed by atoms with Crippen molar-refractivity contribution in [1.29, 1.82) is 0 Å². The van der Waals surface area contributed by atoms with E-state index in [1.807, 2.05) is 0 Å². The molecule has 1 aromatic carbocycles. The Hall–Kier alpha value is -1.75. The van der Waals surface area contributed by atoms with Crippen LogP contribution in [0.25, 0.3) is 0 Å². The number of nitrogen functional groups attached to an aromatic ring is 1. The zero-order valence-corrected chi connectivity index (χ0v) is 13.1. The van der Waals surface area contributed by atoms with Crippen LogP contribution in [0, 0.1) is 11.8 Å². The fourth-order valence-corrected chi connectivity index (χ4v) is 3.14. The molecule has 1 aliphatic heterocycles. The smallest absolute Gasteiger partial charge is 0.238 e. The van der Waals surface area contributed by atoms with Crippen LogP contribution in [0.1, 0.15) is 20.3 Å². The number of hydrogen-bond acceptors (Lipinski definition) is 4. The second-order valence-corrected chi connectivity index (χ2v) is 6.15. The number of rotatable bonds is 4. The number of piperidine rings is 1. The quantitative estimate of drug-likeness (QED) is 0.835. The summed E-state index contributed by atoms with van der Waals surface area (Å²) < 4.78 is 5.24. The Morgan fingerprint density at radius 3 is 2.67 bits per heavy atom. The summed E-state index contributed by atoms with van der Waals surface area (Å²) in [4.78, 5) is 14.4. The van der Waals surface area contributed by atoms with Gasteiger partial charge in [0.05, 0.1) is 19.3 Å². The molecular formula is C16H25N3O2. The Kier molecular flexibility index (Phi) is 5.07. The molecule has 1 aromatic rings. The molecule has 0 bridgehead atoms. The first-order chi connectivity index (χ1) is 9.97. The molecule has 0 radical (unpaired) electrons. The number of hydrogen-bond donors (Lipinski definition) is 2. The van der Waals surface area contributed by atoms with E-state index in [2.05, 4.69) is 24.1 Å². The van der Waals surface area contributed by atoms with Crippen molar-refractivity contribution in [3.63, 3.8) is 0 Å². The van der Waals surface area contributed by atoms with Crippen molar-refractivity contribution in [2.24, 2.45) is 11.8 Å². The van der Waals surface area contributed by atoms with Gasteiger partial charge in [-0.3, -0.25) is 9.69 Å². The molecule has 0 saturated carbocycles. The lowest BCUT2D eigenvalue weighted by molar-refractivity contribution is -0.117. The minimum atomic E-state index is -0.0276. The third kappa shape index (κ3) is 4.36. The van der Waals surface area contributed by atoms with Gasteiger partial charge in [-0.05, 0) is 36.5 Å². The van der Waals surface area contributed by atoms with Crippen LogP contribution >= 0.6 is 0 Å². The van der Waals surface area contributed by atoms with Crippen molar-refractivity contribution in [1.82, 2.24) is 4.90 Å². The van der Waals surface area contributed by atoms with Crippen LogP contribution < -0.4 is 15.8 Å². The van der Waals surface area contributed by atoms with E-state index in [4.69, 9.17) is 10.5 Å². The molecule has 1 saturated heterocycles. The van der Waals surface area contributed by atoms with Gasteiger partial charge in [0.25, 0.3) is 0 Å². The van der Waals surface area contributed by atoms with Gasteiger partial charge in [0, 0.05) is 18.8 Å². The lowest BCUT2D eigenvalue weighted by atomic mass is 9.92. The summed E-state index contributed by atoms with van der Waals surface area (Å²) in [6.45, 7) is 6.84. The van der Waals surface area contributed by atoms with Gasteiger partial charge in [0.1, 0.15) is 5.75 Å². The van der Waals surface area contributed by atoms with E-state index in [9.17, 15) is 4.79 Å². The van der Waals surface area contributed by atoms with Gasteiger partial charge < -0.3 is 15.8 Å². The summed E-state index contributed by atoms with van der Waals surface area (Å²) in [6.07, 6.45) is 1.24. The van der Waals surface area contributed by atoms with Crippen LogP contribution in [0.3, 0.4) is 0 Å². The molecule has 2 unspecified atom stereocenters. The van der Waals surface area contributed by atoms with Crippen LogP contribution in [0.2, 0.25) is 0 Å². The van der Waals surface area contributed by atoms with Crippen LogP contribution in [0.5, 0.6) is 5.75 Å². The number of nitrogens with one attached hydrogen (secondary N) is 1.